The molecule has 3 atom stereocenters. The average molecular weight is 343 g/mol. The molecule has 2 fully saturated rings. The molecule has 0 saturated carbocycles. The summed E-state index contributed by atoms with van der Waals surface area (Å²) in [6, 6.07) is 5.94. The van der Waals surface area contributed by atoms with Gasteiger partial charge in [-0.05, 0) is 43.7 Å². The summed E-state index contributed by atoms with van der Waals surface area (Å²) in [7, 11) is 0. The van der Waals surface area contributed by atoms with Gasteiger partial charge in [0.15, 0.2) is 0 Å². The van der Waals surface area contributed by atoms with E-state index in [1.807, 2.05) is 0 Å². The van der Waals surface area contributed by atoms with Crippen LogP contribution in [0.1, 0.15) is 43.4 Å². The van der Waals surface area contributed by atoms with Crippen LogP contribution >= 0.6 is 0 Å². The first-order valence-electron chi connectivity index (χ1n) is 9.25. The number of aryl methyl sites for hydroxylation is 2. The maximum atomic E-state index is 12.7. The van der Waals surface area contributed by atoms with Gasteiger partial charge in [0.25, 0.3) is 0 Å². The van der Waals surface area contributed by atoms with Crippen molar-refractivity contribution < 1.29 is 9.59 Å². The van der Waals surface area contributed by atoms with E-state index in [1.54, 1.807) is 4.90 Å². The minimum Gasteiger partial charge on any atom is -0.342 e. The van der Waals surface area contributed by atoms with Gasteiger partial charge in [-0.2, -0.15) is 0 Å². The molecule has 2 aliphatic rings. The number of fused-ring (bicyclic) bond motifs is 1. The number of amides is 2. The van der Waals surface area contributed by atoms with Gasteiger partial charge in [-0.25, -0.2) is 0 Å². The molecule has 2 amide bonds. The van der Waals surface area contributed by atoms with Crippen LogP contribution < -0.4 is 10.6 Å². The van der Waals surface area contributed by atoms with Crippen LogP contribution in [0.2, 0.25) is 0 Å². The monoisotopic (exact) mass is 343 g/mol. The Hall–Kier alpha value is -1.88. The van der Waals surface area contributed by atoms with E-state index in [1.165, 1.54) is 16.7 Å². The summed E-state index contributed by atoms with van der Waals surface area (Å²) >= 11 is 0. The minimum absolute atomic E-state index is 0.00119. The molecule has 0 spiro atoms. The van der Waals surface area contributed by atoms with Crippen LogP contribution in [-0.4, -0.2) is 41.4 Å². The van der Waals surface area contributed by atoms with E-state index in [-0.39, 0.29) is 29.9 Å². The van der Waals surface area contributed by atoms with Crippen molar-refractivity contribution in [3.8, 4) is 0 Å². The summed E-state index contributed by atoms with van der Waals surface area (Å²) in [5.74, 6) is 0.460. The summed E-state index contributed by atoms with van der Waals surface area (Å²) in [6.07, 6.45) is 1.39. The van der Waals surface area contributed by atoms with Gasteiger partial charge in [-0.15, -0.1) is 0 Å². The van der Waals surface area contributed by atoms with Crippen LogP contribution in [0.5, 0.6) is 0 Å². The number of hydrogen-bond acceptors (Lipinski definition) is 3. The second-order valence-electron chi connectivity index (χ2n) is 7.94. The first-order chi connectivity index (χ1) is 11.8. The largest absolute Gasteiger partial charge is 0.342 e. The molecule has 25 heavy (non-hydrogen) atoms. The highest BCUT2D eigenvalue weighted by molar-refractivity contribution is 5.97. The van der Waals surface area contributed by atoms with Crippen molar-refractivity contribution >= 4 is 11.8 Å². The molecule has 0 aliphatic carbocycles. The lowest BCUT2D eigenvalue weighted by molar-refractivity contribution is -0.147. The standard InChI is InChI=1S/C20H29N3O2/c1-12(2)7-17-20(25)23-11-16(9-18(23)19(24)22-17)21-10-15-8-13(3)5-6-14(15)4/h5-6,8,12,16-18,21H,7,9-11H2,1-4H3,(H,22,24)/t16-,17+,18-/m0/s1. The molecule has 3 rings (SSSR count). The fourth-order valence-corrected chi connectivity index (χ4v) is 3.88. The van der Waals surface area contributed by atoms with Crippen molar-refractivity contribution in [3.05, 3.63) is 34.9 Å². The lowest BCUT2D eigenvalue weighted by atomic mass is 9.99. The van der Waals surface area contributed by atoms with Crippen molar-refractivity contribution in [3.63, 3.8) is 0 Å². The Kier molecular flexibility index (Phi) is 5.13. The van der Waals surface area contributed by atoms with Crippen molar-refractivity contribution in [2.45, 2.75) is 65.2 Å². The molecule has 0 radical (unpaired) electrons. The minimum atomic E-state index is -0.360. The van der Waals surface area contributed by atoms with E-state index < -0.39 is 0 Å². The highest BCUT2D eigenvalue weighted by Crippen LogP contribution is 2.25. The number of carbonyl (C=O) groups is 2. The van der Waals surface area contributed by atoms with Gasteiger partial charge >= 0.3 is 0 Å². The quantitative estimate of drug-likeness (QED) is 0.858. The van der Waals surface area contributed by atoms with Crippen molar-refractivity contribution in [2.75, 3.05) is 6.54 Å². The summed E-state index contributed by atoms with van der Waals surface area (Å²) in [4.78, 5) is 26.9. The molecule has 0 unspecified atom stereocenters. The molecule has 5 heteroatoms. The Bertz CT molecular complexity index is 671. The normalized spacial score (nSPS) is 26.1. The zero-order chi connectivity index (χ0) is 18.1. The van der Waals surface area contributed by atoms with E-state index in [9.17, 15) is 9.59 Å². The van der Waals surface area contributed by atoms with Gasteiger partial charge in [0.1, 0.15) is 12.1 Å². The van der Waals surface area contributed by atoms with Gasteiger partial charge in [-0.1, -0.05) is 37.6 Å². The molecule has 1 aromatic rings. The van der Waals surface area contributed by atoms with Crippen LogP contribution in [0.4, 0.5) is 0 Å². The first kappa shape index (κ1) is 17.9. The molecule has 136 valence electrons. The van der Waals surface area contributed by atoms with Crippen molar-refractivity contribution in [1.29, 1.82) is 0 Å². The second-order valence-corrected chi connectivity index (χ2v) is 7.94. The van der Waals surface area contributed by atoms with E-state index in [0.29, 0.717) is 25.3 Å². The predicted octanol–water partition coefficient (Wildman–Crippen LogP) is 1.91. The fraction of sp³-hybridized carbons (Fsp3) is 0.600. The number of nitrogens with one attached hydrogen (secondary N) is 2. The predicted molar refractivity (Wildman–Crippen MR) is 98.0 cm³/mol. The number of hydrogen-bond donors (Lipinski definition) is 2. The number of rotatable bonds is 5. The Morgan fingerprint density at radius 3 is 2.76 bits per heavy atom. The number of nitrogens with zero attached hydrogens (tertiary/aromatic N) is 1. The van der Waals surface area contributed by atoms with Crippen LogP contribution in [0.25, 0.3) is 0 Å². The number of piperazine rings is 1. The molecule has 0 bridgehead atoms. The van der Waals surface area contributed by atoms with E-state index >= 15 is 0 Å². The van der Waals surface area contributed by atoms with Gasteiger partial charge < -0.3 is 15.5 Å². The molecule has 2 aliphatic heterocycles. The molecule has 1 aromatic carbocycles. The molecular formula is C20H29N3O2. The van der Waals surface area contributed by atoms with Gasteiger partial charge in [0.05, 0.1) is 0 Å². The fourth-order valence-electron chi connectivity index (χ4n) is 3.88. The Morgan fingerprint density at radius 1 is 1.28 bits per heavy atom. The lowest BCUT2D eigenvalue weighted by Gasteiger charge is -2.35. The summed E-state index contributed by atoms with van der Waals surface area (Å²) in [6.45, 7) is 9.74. The Labute approximate surface area is 150 Å². The summed E-state index contributed by atoms with van der Waals surface area (Å²) in [5.41, 5.74) is 3.79. The highest BCUT2D eigenvalue weighted by atomic mass is 16.2. The Balaban J connectivity index is 1.63. The van der Waals surface area contributed by atoms with E-state index in [2.05, 4.69) is 56.5 Å². The third-order valence-corrected chi connectivity index (χ3v) is 5.29. The maximum Gasteiger partial charge on any atom is 0.245 e. The lowest BCUT2D eigenvalue weighted by Crippen LogP contribution is -2.61. The molecule has 0 aromatic heterocycles. The summed E-state index contributed by atoms with van der Waals surface area (Å²) in [5, 5.41) is 6.47. The highest BCUT2D eigenvalue weighted by Gasteiger charge is 2.46. The van der Waals surface area contributed by atoms with Crippen LogP contribution in [0.15, 0.2) is 18.2 Å². The van der Waals surface area contributed by atoms with Crippen molar-refractivity contribution in [2.24, 2.45) is 5.92 Å². The molecular weight excluding hydrogens is 314 g/mol. The maximum absolute atomic E-state index is 12.7. The molecule has 5 nitrogen and oxygen atoms in total. The van der Waals surface area contributed by atoms with E-state index in [4.69, 9.17) is 0 Å². The smallest absolute Gasteiger partial charge is 0.245 e. The number of carbonyl (C=O) groups excluding carboxylic acids is 2. The van der Waals surface area contributed by atoms with Gasteiger partial charge in [-0.3, -0.25) is 9.59 Å². The zero-order valence-electron chi connectivity index (χ0n) is 15.6. The summed E-state index contributed by atoms with van der Waals surface area (Å²) < 4.78 is 0. The number of benzene rings is 1. The third-order valence-electron chi connectivity index (χ3n) is 5.29. The van der Waals surface area contributed by atoms with E-state index in [0.717, 1.165) is 6.54 Å². The Morgan fingerprint density at radius 2 is 2.04 bits per heavy atom. The zero-order valence-corrected chi connectivity index (χ0v) is 15.6. The second kappa shape index (κ2) is 7.16. The van der Waals surface area contributed by atoms with Gasteiger partial charge in [0.2, 0.25) is 11.8 Å². The topological polar surface area (TPSA) is 61.4 Å². The SMILES string of the molecule is Cc1ccc(C)c(CN[C@H]2C[C@H]3C(=O)N[C@H](CC(C)C)C(=O)N3C2)c1. The van der Waals surface area contributed by atoms with Crippen LogP contribution in [-0.2, 0) is 16.1 Å². The van der Waals surface area contributed by atoms with Crippen LogP contribution in [0.3, 0.4) is 0 Å². The van der Waals surface area contributed by atoms with Crippen LogP contribution in [0, 0.1) is 19.8 Å². The molecule has 2 heterocycles. The molecule has 2 N–H and O–H groups in total. The first-order valence-corrected chi connectivity index (χ1v) is 9.25. The van der Waals surface area contributed by atoms with Crippen molar-refractivity contribution in [1.82, 2.24) is 15.5 Å². The third kappa shape index (κ3) is 3.87. The van der Waals surface area contributed by atoms with Gasteiger partial charge in [0, 0.05) is 19.1 Å². The average Bonchev–Trinajstić information content (AvgIpc) is 2.98. The molecule has 2 saturated heterocycles.